The number of halogens is 2. The highest BCUT2D eigenvalue weighted by molar-refractivity contribution is 5.94. The number of benzene rings is 1. The van der Waals surface area contributed by atoms with Gasteiger partial charge in [0.05, 0.1) is 5.39 Å². The van der Waals surface area contributed by atoms with Crippen molar-refractivity contribution < 1.29 is 13.6 Å². The number of aromatic nitrogens is 5. The third-order valence-electron chi connectivity index (χ3n) is 6.06. The number of pyridine rings is 1. The topological polar surface area (TPSA) is 102 Å². The molecule has 3 aromatic heterocycles. The van der Waals surface area contributed by atoms with Gasteiger partial charge in [-0.3, -0.25) is 9.78 Å². The van der Waals surface area contributed by atoms with Crippen LogP contribution in [0.1, 0.15) is 47.6 Å². The van der Waals surface area contributed by atoms with Crippen LogP contribution in [0.5, 0.6) is 0 Å². The monoisotopic (exact) mass is 437 g/mol. The fourth-order valence-corrected chi connectivity index (χ4v) is 4.29. The molecule has 4 heterocycles. The highest BCUT2D eigenvalue weighted by Crippen LogP contribution is 2.31. The Hall–Kier alpha value is -3.69. The number of likely N-dealkylation sites (tertiary alicyclic amines) is 1. The van der Waals surface area contributed by atoms with E-state index in [0.717, 1.165) is 24.5 Å². The Bertz CT molecular complexity index is 1370. The van der Waals surface area contributed by atoms with Gasteiger partial charge >= 0.3 is 0 Å². The second-order valence-electron chi connectivity index (χ2n) is 8.21. The van der Waals surface area contributed by atoms with E-state index in [2.05, 4.69) is 20.1 Å². The van der Waals surface area contributed by atoms with Crippen LogP contribution in [0.15, 0.2) is 30.5 Å². The number of carbonyl (C=O) groups excluding carboxylic acids is 1. The van der Waals surface area contributed by atoms with Crippen LogP contribution in [0.3, 0.4) is 0 Å². The number of aryl methyl sites for hydroxylation is 1. The number of hydrogen-bond donors (Lipinski definition) is 1. The van der Waals surface area contributed by atoms with E-state index in [1.54, 1.807) is 17.2 Å². The summed E-state index contributed by atoms with van der Waals surface area (Å²) in [6.07, 6.45) is 3.13. The Morgan fingerprint density at radius 2 is 2.03 bits per heavy atom. The maximum absolute atomic E-state index is 14.2. The average molecular weight is 437 g/mol. The van der Waals surface area contributed by atoms with Gasteiger partial charge in [-0.2, -0.15) is 4.52 Å². The Kier molecular flexibility index (Phi) is 4.72. The molecule has 5 rings (SSSR count). The molecule has 2 N–H and O–H groups in total. The van der Waals surface area contributed by atoms with Crippen molar-refractivity contribution in [1.29, 1.82) is 0 Å². The van der Waals surface area contributed by atoms with Crippen molar-refractivity contribution in [2.24, 2.45) is 0 Å². The molecule has 0 bridgehead atoms. The molecule has 0 aliphatic carbocycles. The summed E-state index contributed by atoms with van der Waals surface area (Å²) < 4.78 is 29.4. The van der Waals surface area contributed by atoms with Gasteiger partial charge in [0.1, 0.15) is 17.0 Å². The van der Waals surface area contributed by atoms with Gasteiger partial charge < -0.3 is 10.6 Å². The Labute approximate surface area is 182 Å². The van der Waals surface area contributed by atoms with Gasteiger partial charge in [-0.1, -0.05) is 6.07 Å². The number of hydrogen-bond acceptors (Lipinski definition) is 6. The third kappa shape index (κ3) is 3.22. The van der Waals surface area contributed by atoms with E-state index in [0.29, 0.717) is 18.1 Å². The molecule has 164 valence electrons. The van der Waals surface area contributed by atoms with Crippen LogP contribution in [0, 0.1) is 18.6 Å². The zero-order valence-corrected chi connectivity index (χ0v) is 17.6. The van der Waals surface area contributed by atoms with E-state index >= 15 is 0 Å². The Morgan fingerprint density at radius 3 is 2.81 bits per heavy atom. The van der Waals surface area contributed by atoms with Crippen LogP contribution in [0.25, 0.3) is 16.6 Å². The first kappa shape index (κ1) is 20.2. The predicted molar refractivity (Wildman–Crippen MR) is 114 cm³/mol. The lowest BCUT2D eigenvalue weighted by Gasteiger charge is -2.37. The summed E-state index contributed by atoms with van der Waals surface area (Å²) in [5, 5.41) is 4.67. The van der Waals surface area contributed by atoms with Gasteiger partial charge in [-0.15, -0.1) is 5.10 Å². The molecule has 1 aliphatic heterocycles. The fourth-order valence-electron chi connectivity index (χ4n) is 4.29. The highest BCUT2D eigenvalue weighted by atomic mass is 19.1. The average Bonchev–Trinajstić information content (AvgIpc) is 3.21. The molecule has 10 heteroatoms. The molecule has 4 aromatic rings. The molecule has 0 spiro atoms. The first-order valence-corrected chi connectivity index (χ1v) is 10.4. The number of amides is 1. The van der Waals surface area contributed by atoms with E-state index < -0.39 is 11.6 Å². The van der Waals surface area contributed by atoms with Gasteiger partial charge in [0, 0.05) is 30.8 Å². The number of nitrogen functional groups attached to an aromatic ring is 1. The number of carbonyl (C=O) groups is 1. The van der Waals surface area contributed by atoms with E-state index in [4.69, 9.17) is 5.73 Å². The lowest BCUT2D eigenvalue weighted by molar-refractivity contribution is 0.0599. The molecule has 1 aromatic carbocycles. The van der Waals surface area contributed by atoms with Crippen molar-refractivity contribution in [1.82, 2.24) is 29.5 Å². The zero-order valence-electron chi connectivity index (χ0n) is 17.6. The highest BCUT2D eigenvalue weighted by Gasteiger charge is 2.33. The minimum atomic E-state index is -0.812. The van der Waals surface area contributed by atoms with Gasteiger partial charge in [-0.25, -0.2) is 18.7 Å². The van der Waals surface area contributed by atoms with E-state index in [9.17, 15) is 13.6 Å². The SMILES string of the molecule is Cc1cccnc1C(=O)N1CC(c2nc3c4cc(F)cc(F)c4nc(N)n3n2)CC[C@@H]1C. The van der Waals surface area contributed by atoms with Crippen LogP contribution in [0.4, 0.5) is 14.7 Å². The smallest absolute Gasteiger partial charge is 0.272 e. The molecular weight excluding hydrogens is 416 g/mol. The number of nitrogens with two attached hydrogens (primary N) is 1. The largest absolute Gasteiger partial charge is 0.368 e. The molecular formula is C22H21F2N7O. The molecule has 1 unspecified atom stereocenters. The van der Waals surface area contributed by atoms with Crippen LogP contribution in [-0.4, -0.2) is 48.0 Å². The number of nitrogens with zero attached hydrogens (tertiary/aromatic N) is 6. The number of rotatable bonds is 2. The van der Waals surface area contributed by atoms with Crippen molar-refractivity contribution >= 4 is 28.4 Å². The van der Waals surface area contributed by atoms with Crippen molar-refractivity contribution in [2.75, 3.05) is 12.3 Å². The second-order valence-corrected chi connectivity index (χ2v) is 8.21. The van der Waals surface area contributed by atoms with E-state index in [1.807, 2.05) is 19.9 Å². The minimum Gasteiger partial charge on any atom is -0.368 e. The fraction of sp³-hybridized carbons (Fsp3) is 0.318. The molecule has 1 saturated heterocycles. The van der Waals surface area contributed by atoms with Crippen LogP contribution in [-0.2, 0) is 0 Å². The van der Waals surface area contributed by atoms with E-state index in [1.165, 1.54) is 10.6 Å². The summed E-state index contributed by atoms with van der Waals surface area (Å²) in [5.41, 5.74) is 7.39. The lowest BCUT2D eigenvalue weighted by Crippen LogP contribution is -2.45. The zero-order chi connectivity index (χ0) is 22.6. The standard InChI is InChI=1S/C22H21F2N7O/c1-11-4-3-7-26-17(11)21(32)30-10-13(6-5-12(30)2)19-28-20-15-8-14(23)9-16(24)18(15)27-22(25)31(20)29-19/h3-4,7-9,12-13H,5-6,10H2,1-2H3,(H2,25,27)/t12-,13?/m0/s1. The number of fused-ring (bicyclic) bond motifs is 3. The van der Waals surface area contributed by atoms with Crippen molar-refractivity contribution in [3.8, 4) is 0 Å². The summed E-state index contributed by atoms with van der Waals surface area (Å²) in [7, 11) is 0. The molecule has 8 nitrogen and oxygen atoms in total. The minimum absolute atomic E-state index is 0.0351. The molecule has 0 radical (unpaired) electrons. The molecule has 0 saturated carbocycles. The summed E-state index contributed by atoms with van der Waals surface area (Å²) in [5.74, 6) is -1.43. The van der Waals surface area contributed by atoms with Crippen LogP contribution < -0.4 is 5.73 Å². The van der Waals surface area contributed by atoms with Gasteiger partial charge in [0.25, 0.3) is 5.91 Å². The Morgan fingerprint density at radius 1 is 1.22 bits per heavy atom. The summed E-state index contributed by atoms with van der Waals surface area (Å²) in [6.45, 7) is 4.26. The van der Waals surface area contributed by atoms with Crippen LogP contribution in [0.2, 0.25) is 0 Å². The first-order valence-electron chi connectivity index (χ1n) is 10.4. The molecule has 1 aliphatic rings. The van der Waals surface area contributed by atoms with Gasteiger partial charge in [-0.05, 0) is 44.4 Å². The van der Waals surface area contributed by atoms with Crippen molar-refractivity contribution in [2.45, 2.75) is 38.6 Å². The predicted octanol–water partition coefficient (Wildman–Crippen LogP) is 3.25. The lowest BCUT2D eigenvalue weighted by atomic mass is 9.92. The van der Waals surface area contributed by atoms with Crippen LogP contribution >= 0.6 is 0 Å². The summed E-state index contributed by atoms with van der Waals surface area (Å²) in [4.78, 5) is 27.8. The van der Waals surface area contributed by atoms with Crippen molar-refractivity contribution in [3.63, 3.8) is 0 Å². The van der Waals surface area contributed by atoms with Crippen molar-refractivity contribution in [3.05, 3.63) is 59.2 Å². The summed E-state index contributed by atoms with van der Waals surface area (Å²) in [6, 6.07) is 5.61. The second kappa shape index (κ2) is 7.47. The number of anilines is 1. The molecule has 32 heavy (non-hydrogen) atoms. The first-order chi connectivity index (χ1) is 15.3. The third-order valence-corrected chi connectivity index (χ3v) is 6.06. The number of piperidine rings is 1. The maximum Gasteiger partial charge on any atom is 0.272 e. The molecule has 2 atom stereocenters. The normalized spacial score (nSPS) is 19.1. The quantitative estimate of drug-likeness (QED) is 0.517. The van der Waals surface area contributed by atoms with Gasteiger partial charge in [0.15, 0.2) is 17.3 Å². The van der Waals surface area contributed by atoms with E-state index in [-0.39, 0.29) is 40.4 Å². The Balaban J connectivity index is 1.54. The molecule has 1 fully saturated rings. The molecule has 1 amide bonds. The van der Waals surface area contributed by atoms with Gasteiger partial charge in [0.2, 0.25) is 5.95 Å². The maximum atomic E-state index is 14.2. The summed E-state index contributed by atoms with van der Waals surface area (Å²) >= 11 is 0.